The Morgan fingerprint density at radius 2 is 2.06 bits per heavy atom. The Balaban J connectivity index is 2.15. The third-order valence-electron chi connectivity index (χ3n) is 3.59. The molecule has 2 nitrogen and oxygen atoms in total. The SMILES string of the molecule is Cc1scc(C(=O)O)c1-c1ccc2c(c1)CCC2. The van der Waals surface area contributed by atoms with Crippen LogP contribution in [0.1, 0.15) is 32.8 Å². The molecule has 0 unspecified atom stereocenters. The summed E-state index contributed by atoms with van der Waals surface area (Å²) in [4.78, 5) is 12.3. The first-order valence-corrected chi connectivity index (χ1v) is 6.98. The standard InChI is InChI=1S/C15H14O2S/c1-9-14(13(8-18-9)15(16)17)12-6-5-10-3-2-4-11(10)7-12/h5-8H,2-4H2,1H3,(H,16,17). The van der Waals surface area contributed by atoms with Crippen LogP contribution >= 0.6 is 11.3 Å². The summed E-state index contributed by atoms with van der Waals surface area (Å²) in [6, 6.07) is 6.38. The molecule has 0 aliphatic heterocycles. The van der Waals surface area contributed by atoms with Crippen molar-refractivity contribution in [2.45, 2.75) is 26.2 Å². The Bertz CT molecular complexity index is 625. The molecule has 1 N–H and O–H groups in total. The van der Waals surface area contributed by atoms with Gasteiger partial charge in [0, 0.05) is 15.8 Å². The number of carboxylic acid groups (broad SMARTS) is 1. The lowest BCUT2D eigenvalue weighted by Gasteiger charge is -2.06. The zero-order chi connectivity index (χ0) is 12.7. The van der Waals surface area contributed by atoms with Gasteiger partial charge in [-0.1, -0.05) is 18.2 Å². The van der Waals surface area contributed by atoms with Crippen LogP contribution in [-0.2, 0) is 12.8 Å². The molecule has 1 aromatic carbocycles. The Hall–Kier alpha value is -1.61. The highest BCUT2D eigenvalue weighted by atomic mass is 32.1. The van der Waals surface area contributed by atoms with Crippen LogP contribution in [0.5, 0.6) is 0 Å². The van der Waals surface area contributed by atoms with Crippen molar-refractivity contribution in [1.29, 1.82) is 0 Å². The van der Waals surface area contributed by atoms with E-state index >= 15 is 0 Å². The number of hydrogen-bond acceptors (Lipinski definition) is 2. The Morgan fingerprint density at radius 1 is 1.28 bits per heavy atom. The number of carbonyl (C=O) groups is 1. The molecule has 0 atom stereocenters. The highest BCUT2D eigenvalue weighted by molar-refractivity contribution is 7.10. The maximum absolute atomic E-state index is 11.2. The van der Waals surface area contributed by atoms with E-state index in [9.17, 15) is 9.90 Å². The van der Waals surface area contributed by atoms with Gasteiger partial charge < -0.3 is 5.11 Å². The van der Waals surface area contributed by atoms with Crippen molar-refractivity contribution in [3.63, 3.8) is 0 Å². The lowest BCUT2D eigenvalue weighted by molar-refractivity contribution is 0.0698. The largest absolute Gasteiger partial charge is 0.478 e. The van der Waals surface area contributed by atoms with E-state index in [1.54, 1.807) is 5.38 Å². The number of hydrogen-bond donors (Lipinski definition) is 1. The van der Waals surface area contributed by atoms with Gasteiger partial charge in [0.25, 0.3) is 0 Å². The molecule has 92 valence electrons. The topological polar surface area (TPSA) is 37.3 Å². The molecule has 0 bridgehead atoms. The Labute approximate surface area is 110 Å². The molecule has 0 spiro atoms. The van der Waals surface area contributed by atoms with E-state index in [0.29, 0.717) is 5.56 Å². The normalized spacial score (nSPS) is 13.6. The molecule has 1 aliphatic rings. The van der Waals surface area contributed by atoms with Crippen molar-refractivity contribution < 1.29 is 9.90 Å². The van der Waals surface area contributed by atoms with Crippen LogP contribution < -0.4 is 0 Å². The van der Waals surface area contributed by atoms with E-state index in [-0.39, 0.29) is 0 Å². The summed E-state index contributed by atoms with van der Waals surface area (Å²) >= 11 is 1.51. The van der Waals surface area contributed by atoms with Crippen molar-refractivity contribution in [2.75, 3.05) is 0 Å². The minimum absolute atomic E-state index is 0.426. The fourth-order valence-corrected chi connectivity index (χ4v) is 3.56. The summed E-state index contributed by atoms with van der Waals surface area (Å²) in [5, 5.41) is 11.0. The van der Waals surface area contributed by atoms with E-state index < -0.39 is 5.97 Å². The number of thiophene rings is 1. The van der Waals surface area contributed by atoms with Crippen molar-refractivity contribution in [2.24, 2.45) is 0 Å². The first-order chi connectivity index (χ1) is 8.66. The number of benzene rings is 1. The molecular weight excluding hydrogens is 244 g/mol. The Kier molecular flexibility index (Phi) is 2.71. The van der Waals surface area contributed by atoms with Crippen molar-refractivity contribution in [3.05, 3.63) is 45.1 Å². The highest BCUT2D eigenvalue weighted by Crippen LogP contribution is 2.35. The van der Waals surface area contributed by atoms with Gasteiger partial charge in [-0.25, -0.2) is 4.79 Å². The van der Waals surface area contributed by atoms with Gasteiger partial charge in [-0.05, 0) is 42.9 Å². The number of fused-ring (bicyclic) bond motifs is 1. The van der Waals surface area contributed by atoms with Crippen molar-refractivity contribution in [3.8, 4) is 11.1 Å². The third-order valence-corrected chi connectivity index (χ3v) is 4.50. The van der Waals surface area contributed by atoms with Gasteiger partial charge in [0.2, 0.25) is 0 Å². The van der Waals surface area contributed by atoms with Crippen molar-refractivity contribution in [1.82, 2.24) is 0 Å². The minimum Gasteiger partial charge on any atom is -0.478 e. The average molecular weight is 258 g/mol. The first kappa shape index (κ1) is 11.5. The van der Waals surface area contributed by atoms with Gasteiger partial charge >= 0.3 is 5.97 Å². The van der Waals surface area contributed by atoms with Gasteiger partial charge in [-0.15, -0.1) is 11.3 Å². The smallest absolute Gasteiger partial charge is 0.337 e. The summed E-state index contributed by atoms with van der Waals surface area (Å²) in [6.07, 6.45) is 3.49. The lowest BCUT2D eigenvalue weighted by atomic mass is 9.98. The van der Waals surface area contributed by atoms with E-state index in [1.807, 2.05) is 6.92 Å². The molecule has 2 aromatic rings. The fraction of sp³-hybridized carbons (Fsp3) is 0.267. The minimum atomic E-state index is -0.838. The predicted molar refractivity (Wildman–Crippen MR) is 73.5 cm³/mol. The molecule has 1 aromatic heterocycles. The molecule has 0 saturated heterocycles. The molecule has 0 saturated carbocycles. The highest BCUT2D eigenvalue weighted by Gasteiger charge is 2.18. The predicted octanol–water partition coefficient (Wildman–Crippen LogP) is 3.91. The van der Waals surface area contributed by atoms with E-state index in [2.05, 4.69) is 18.2 Å². The molecule has 0 fully saturated rings. The zero-order valence-corrected chi connectivity index (χ0v) is 11.0. The number of aryl methyl sites for hydroxylation is 3. The third kappa shape index (κ3) is 1.75. The van der Waals surface area contributed by atoms with Crippen LogP contribution in [0.15, 0.2) is 23.6 Å². The van der Waals surface area contributed by atoms with E-state index in [0.717, 1.165) is 28.8 Å². The van der Waals surface area contributed by atoms with E-state index in [1.165, 1.54) is 28.9 Å². The van der Waals surface area contributed by atoms with Crippen LogP contribution in [0.3, 0.4) is 0 Å². The van der Waals surface area contributed by atoms with Gasteiger partial charge in [0.1, 0.15) is 0 Å². The molecule has 3 heteroatoms. The molecule has 3 rings (SSSR count). The van der Waals surface area contributed by atoms with Gasteiger partial charge in [0.05, 0.1) is 5.56 Å². The summed E-state index contributed by atoms with van der Waals surface area (Å²) < 4.78 is 0. The average Bonchev–Trinajstić information content (AvgIpc) is 2.93. The second-order valence-electron chi connectivity index (χ2n) is 4.72. The first-order valence-electron chi connectivity index (χ1n) is 6.10. The summed E-state index contributed by atoms with van der Waals surface area (Å²) in [7, 11) is 0. The molecule has 0 radical (unpaired) electrons. The van der Waals surface area contributed by atoms with Gasteiger partial charge in [0.15, 0.2) is 0 Å². The monoisotopic (exact) mass is 258 g/mol. The fourth-order valence-electron chi connectivity index (χ4n) is 2.70. The van der Waals surface area contributed by atoms with Crippen LogP contribution in [0.25, 0.3) is 11.1 Å². The summed E-state index contributed by atoms with van der Waals surface area (Å²) in [5.41, 5.74) is 5.17. The number of aromatic carboxylic acids is 1. The maximum Gasteiger partial charge on any atom is 0.337 e. The molecule has 0 amide bonds. The summed E-state index contributed by atoms with van der Waals surface area (Å²) in [5.74, 6) is -0.838. The van der Waals surface area contributed by atoms with Gasteiger partial charge in [-0.2, -0.15) is 0 Å². The van der Waals surface area contributed by atoms with Crippen molar-refractivity contribution >= 4 is 17.3 Å². The second-order valence-corrected chi connectivity index (χ2v) is 5.81. The number of carboxylic acids is 1. The molecule has 18 heavy (non-hydrogen) atoms. The zero-order valence-electron chi connectivity index (χ0n) is 10.2. The number of rotatable bonds is 2. The van der Waals surface area contributed by atoms with Crippen LogP contribution in [0.4, 0.5) is 0 Å². The maximum atomic E-state index is 11.2. The van der Waals surface area contributed by atoms with Gasteiger partial charge in [-0.3, -0.25) is 0 Å². The van der Waals surface area contributed by atoms with Crippen LogP contribution in [-0.4, -0.2) is 11.1 Å². The van der Waals surface area contributed by atoms with Crippen LogP contribution in [0, 0.1) is 6.92 Å². The Morgan fingerprint density at radius 3 is 2.83 bits per heavy atom. The second kappa shape index (κ2) is 4.25. The lowest BCUT2D eigenvalue weighted by Crippen LogP contribution is -1.97. The summed E-state index contributed by atoms with van der Waals surface area (Å²) in [6.45, 7) is 1.99. The van der Waals surface area contributed by atoms with E-state index in [4.69, 9.17) is 0 Å². The molecule has 1 aliphatic carbocycles. The molecule has 1 heterocycles. The quantitative estimate of drug-likeness (QED) is 0.886. The van der Waals surface area contributed by atoms with Crippen LogP contribution in [0.2, 0.25) is 0 Å². The molecular formula is C15H14O2S.